The number of carbonyl (C=O) groups is 2. The molecule has 0 saturated heterocycles. The summed E-state index contributed by atoms with van der Waals surface area (Å²) in [5.41, 5.74) is 0. The fourth-order valence-corrected chi connectivity index (χ4v) is 4.96. The SMILES string of the molecule is CCCCCCCCCCCCCCCCC(C)CCCCCC(=O)OC(CC(=O)O)C[N+](C)(C)C. The van der Waals surface area contributed by atoms with Gasteiger partial charge in [-0.05, 0) is 12.3 Å². The van der Waals surface area contributed by atoms with E-state index in [4.69, 9.17) is 9.84 Å². The molecule has 2 unspecified atom stereocenters. The number of carboxylic acids is 1. The van der Waals surface area contributed by atoms with E-state index in [1.807, 2.05) is 21.1 Å². The number of likely N-dealkylation sites (N-methyl/N-ethyl adjacent to an activating group) is 1. The van der Waals surface area contributed by atoms with E-state index in [9.17, 15) is 9.59 Å². The number of hydrogen-bond donors (Lipinski definition) is 1. The van der Waals surface area contributed by atoms with Crippen LogP contribution in [0.3, 0.4) is 0 Å². The highest BCUT2D eigenvalue weighted by Crippen LogP contribution is 2.19. The first-order valence-electron chi connectivity index (χ1n) is 15.4. The zero-order chi connectivity index (χ0) is 27.1. The van der Waals surface area contributed by atoms with Gasteiger partial charge in [0.25, 0.3) is 0 Å². The van der Waals surface area contributed by atoms with Crippen molar-refractivity contribution in [3.8, 4) is 0 Å². The van der Waals surface area contributed by atoms with E-state index in [2.05, 4.69) is 13.8 Å². The van der Waals surface area contributed by atoms with E-state index in [1.165, 1.54) is 103 Å². The quantitative estimate of drug-likeness (QED) is 0.0716. The predicted molar refractivity (Wildman–Crippen MR) is 152 cm³/mol. The number of aliphatic carboxylic acids is 1. The Morgan fingerprint density at radius 1 is 0.694 bits per heavy atom. The smallest absolute Gasteiger partial charge is 0.307 e. The lowest BCUT2D eigenvalue weighted by Gasteiger charge is -2.28. The molecule has 0 heterocycles. The first-order valence-corrected chi connectivity index (χ1v) is 15.4. The number of ether oxygens (including phenoxy) is 1. The van der Waals surface area contributed by atoms with Gasteiger partial charge in [0.1, 0.15) is 6.54 Å². The van der Waals surface area contributed by atoms with Gasteiger partial charge in [-0.25, -0.2) is 0 Å². The Hall–Kier alpha value is -1.10. The van der Waals surface area contributed by atoms with Crippen LogP contribution in [0.15, 0.2) is 0 Å². The number of nitrogens with zero attached hydrogens (tertiary/aromatic N) is 1. The molecule has 0 fully saturated rings. The predicted octanol–water partition coefficient (Wildman–Crippen LogP) is 8.54. The van der Waals surface area contributed by atoms with Crippen molar-refractivity contribution in [3.05, 3.63) is 0 Å². The summed E-state index contributed by atoms with van der Waals surface area (Å²) in [6.45, 7) is 5.15. The van der Waals surface area contributed by atoms with Crippen molar-refractivity contribution in [2.75, 3.05) is 27.7 Å². The lowest BCUT2D eigenvalue weighted by molar-refractivity contribution is -0.873. The molecule has 5 nitrogen and oxygen atoms in total. The molecule has 0 saturated carbocycles. The van der Waals surface area contributed by atoms with E-state index in [0.717, 1.165) is 25.2 Å². The minimum atomic E-state index is -0.922. The molecular weight excluding hydrogens is 450 g/mol. The van der Waals surface area contributed by atoms with Crippen molar-refractivity contribution in [3.63, 3.8) is 0 Å². The Labute approximate surface area is 224 Å². The zero-order valence-corrected chi connectivity index (χ0v) is 24.8. The summed E-state index contributed by atoms with van der Waals surface area (Å²) < 4.78 is 6.04. The first-order chi connectivity index (χ1) is 17.1. The van der Waals surface area contributed by atoms with E-state index >= 15 is 0 Å². The van der Waals surface area contributed by atoms with Crippen LogP contribution >= 0.6 is 0 Å². The fraction of sp³-hybridized carbons (Fsp3) is 0.935. The molecule has 2 atom stereocenters. The average molecular weight is 513 g/mol. The molecule has 0 spiro atoms. The largest absolute Gasteiger partial charge is 0.481 e. The third-order valence-corrected chi connectivity index (χ3v) is 7.08. The van der Waals surface area contributed by atoms with Crippen molar-refractivity contribution >= 4 is 11.9 Å². The molecule has 0 rings (SSSR count). The lowest BCUT2D eigenvalue weighted by Crippen LogP contribution is -2.43. The zero-order valence-electron chi connectivity index (χ0n) is 24.8. The number of esters is 1. The monoisotopic (exact) mass is 512 g/mol. The van der Waals surface area contributed by atoms with Gasteiger partial charge in [-0.3, -0.25) is 9.59 Å². The van der Waals surface area contributed by atoms with Crippen molar-refractivity contribution in [1.29, 1.82) is 0 Å². The Balaban J connectivity index is 3.57. The van der Waals surface area contributed by atoms with Crippen LogP contribution in [0, 0.1) is 5.92 Å². The Morgan fingerprint density at radius 3 is 1.53 bits per heavy atom. The van der Waals surface area contributed by atoms with Gasteiger partial charge in [0.05, 0.1) is 27.6 Å². The number of carboxylic acid groups (broad SMARTS) is 1. The summed E-state index contributed by atoms with van der Waals surface area (Å²) in [6.07, 6.45) is 25.0. The summed E-state index contributed by atoms with van der Waals surface area (Å²) in [5, 5.41) is 9.07. The van der Waals surface area contributed by atoms with Crippen LogP contribution in [0.25, 0.3) is 0 Å². The molecule has 0 aromatic rings. The minimum Gasteiger partial charge on any atom is -0.481 e. The van der Waals surface area contributed by atoms with Gasteiger partial charge in [0.2, 0.25) is 0 Å². The van der Waals surface area contributed by atoms with Gasteiger partial charge < -0.3 is 14.3 Å². The fourth-order valence-electron chi connectivity index (χ4n) is 4.96. The number of rotatable bonds is 26. The molecule has 0 aliphatic heterocycles. The van der Waals surface area contributed by atoms with Crippen LogP contribution in [0.5, 0.6) is 0 Å². The highest BCUT2D eigenvalue weighted by atomic mass is 16.5. The topological polar surface area (TPSA) is 63.6 Å². The van der Waals surface area contributed by atoms with Crippen molar-refractivity contribution < 1.29 is 23.9 Å². The highest BCUT2D eigenvalue weighted by Gasteiger charge is 2.24. The molecule has 0 amide bonds. The average Bonchev–Trinajstić information content (AvgIpc) is 2.77. The number of quaternary nitrogens is 1. The number of carbonyl (C=O) groups excluding carboxylic acids is 1. The summed E-state index contributed by atoms with van der Waals surface area (Å²) in [6, 6.07) is 0. The molecule has 214 valence electrons. The molecule has 0 aliphatic rings. The Bertz CT molecular complexity index is 529. The summed E-state index contributed by atoms with van der Waals surface area (Å²) in [4.78, 5) is 23.2. The van der Waals surface area contributed by atoms with Crippen molar-refractivity contribution in [1.82, 2.24) is 0 Å². The molecule has 0 aliphatic carbocycles. The van der Waals surface area contributed by atoms with Crippen LogP contribution in [-0.4, -0.2) is 55.3 Å². The van der Waals surface area contributed by atoms with E-state index in [-0.39, 0.29) is 12.4 Å². The van der Waals surface area contributed by atoms with E-state index in [0.29, 0.717) is 17.4 Å². The van der Waals surface area contributed by atoms with Crippen LogP contribution in [0.1, 0.15) is 149 Å². The molecule has 0 bridgehead atoms. The maximum atomic E-state index is 12.2. The molecule has 0 aromatic heterocycles. The Kier molecular flexibility index (Phi) is 22.3. The number of unbranched alkanes of at least 4 members (excludes halogenated alkanes) is 15. The van der Waals surface area contributed by atoms with Gasteiger partial charge in [-0.2, -0.15) is 0 Å². The maximum Gasteiger partial charge on any atom is 0.307 e. The second-order valence-electron chi connectivity index (χ2n) is 12.3. The maximum absolute atomic E-state index is 12.2. The van der Waals surface area contributed by atoms with Crippen LogP contribution in [-0.2, 0) is 14.3 Å². The lowest BCUT2D eigenvalue weighted by atomic mass is 9.96. The third kappa shape index (κ3) is 26.0. The van der Waals surface area contributed by atoms with Crippen molar-refractivity contribution in [2.24, 2.45) is 5.92 Å². The van der Waals surface area contributed by atoms with Gasteiger partial charge in [0, 0.05) is 6.42 Å². The van der Waals surface area contributed by atoms with Gasteiger partial charge >= 0.3 is 11.9 Å². The second kappa shape index (κ2) is 23.0. The first kappa shape index (κ1) is 34.9. The number of hydrogen-bond acceptors (Lipinski definition) is 3. The molecule has 0 aromatic carbocycles. The van der Waals surface area contributed by atoms with Gasteiger partial charge in [-0.1, -0.05) is 129 Å². The standard InChI is InChI=1S/C31H61NO4/c1-6-7-8-9-10-11-12-13-14-15-16-17-18-20-23-28(2)24-21-19-22-25-31(35)36-29(26-30(33)34)27-32(3,4)5/h28-29H,6-27H2,1-5H3/p+1. The Morgan fingerprint density at radius 2 is 1.11 bits per heavy atom. The molecular formula is C31H62NO4+. The normalized spacial score (nSPS) is 13.5. The third-order valence-electron chi connectivity index (χ3n) is 7.08. The van der Waals surface area contributed by atoms with E-state index in [1.54, 1.807) is 0 Å². The summed E-state index contributed by atoms with van der Waals surface area (Å²) >= 11 is 0. The molecule has 0 radical (unpaired) electrons. The minimum absolute atomic E-state index is 0.127. The van der Waals surface area contributed by atoms with Gasteiger partial charge in [-0.15, -0.1) is 0 Å². The second-order valence-corrected chi connectivity index (χ2v) is 12.3. The van der Waals surface area contributed by atoms with Crippen LogP contribution in [0.2, 0.25) is 0 Å². The summed E-state index contributed by atoms with van der Waals surface area (Å²) in [5.74, 6) is -0.419. The van der Waals surface area contributed by atoms with Crippen LogP contribution < -0.4 is 0 Å². The molecule has 5 heteroatoms. The van der Waals surface area contributed by atoms with Gasteiger partial charge in [0.15, 0.2) is 6.10 Å². The van der Waals surface area contributed by atoms with Crippen molar-refractivity contribution in [2.45, 2.75) is 155 Å². The van der Waals surface area contributed by atoms with E-state index < -0.39 is 12.1 Å². The van der Waals surface area contributed by atoms with Crippen LogP contribution in [0.4, 0.5) is 0 Å². The highest BCUT2D eigenvalue weighted by molar-refractivity contribution is 5.71. The molecule has 1 N–H and O–H groups in total. The molecule has 36 heavy (non-hydrogen) atoms. The summed E-state index contributed by atoms with van der Waals surface area (Å²) in [7, 11) is 5.92.